The third-order valence-electron chi connectivity index (χ3n) is 4.20. The van der Waals surface area contributed by atoms with Crippen molar-refractivity contribution in [3.05, 3.63) is 54.1 Å². The molecule has 0 fully saturated rings. The van der Waals surface area contributed by atoms with Crippen LogP contribution in [0.15, 0.2) is 48.5 Å². The Bertz CT molecular complexity index is 864. The van der Waals surface area contributed by atoms with Gasteiger partial charge in [-0.25, -0.2) is 0 Å². The minimum atomic E-state index is -0.390. The molecule has 2 aromatic rings. The van der Waals surface area contributed by atoms with Gasteiger partial charge in [0.2, 0.25) is 17.7 Å². The van der Waals surface area contributed by atoms with Gasteiger partial charge in [-0.05, 0) is 56.2 Å². The van der Waals surface area contributed by atoms with E-state index in [1.807, 2.05) is 45.0 Å². The summed E-state index contributed by atoms with van der Waals surface area (Å²) in [6, 6.07) is 14.5. The number of benzene rings is 2. The summed E-state index contributed by atoms with van der Waals surface area (Å²) in [5.74, 6) is 0.116. The topological polar surface area (TPSA) is 87.3 Å². The number of amides is 3. The Morgan fingerprint density at radius 1 is 0.767 bits per heavy atom. The Hall–Kier alpha value is -2.80. The Morgan fingerprint density at radius 2 is 1.23 bits per heavy atom. The van der Waals surface area contributed by atoms with Crippen LogP contribution in [0, 0.1) is 12.8 Å². The molecule has 7 heteroatoms. The number of thioether (sulfide) groups is 1. The van der Waals surface area contributed by atoms with E-state index in [9.17, 15) is 14.4 Å². The highest BCUT2D eigenvalue weighted by molar-refractivity contribution is 8.01. The van der Waals surface area contributed by atoms with E-state index in [-0.39, 0.29) is 28.7 Å². The molecule has 0 aliphatic heterocycles. The average molecular weight is 428 g/mol. The maximum atomic E-state index is 12.4. The monoisotopic (exact) mass is 427 g/mol. The van der Waals surface area contributed by atoms with Crippen molar-refractivity contribution in [2.24, 2.45) is 5.92 Å². The summed E-state index contributed by atoms with van der Waals surface area (Å²) < 4.78 is 0. The van der Waals surface area contributed by atoms with Crippen molar-refractivity contribution in [1.29, 1.82) is 0 Å². The average Bonchev–Trinajstić information content (AvgIpc) is 2.68. The van der Waals surface area contributed by atoms with Gasteiger partial charge >= 0.3 is 0 Å². The van der Waals surface area contributed by atoms with E-state index in [2.05, 4.69) is 16.0 Å². The molecule has 3 N–H and O–H groups in total. The lowest BCUT2D eigenvalue weighted by Crippen LogP contribution is -2.25. The van der Waals surface area contributed by atoms with E-state index in [1.165, 1.54) is 11.8 Å². The van der Waals surface area contributed by atoms with Gasteiger partial charge in [0.05, 0.1) is 11.0 Å². The van der Waals surface area contributed by atoms with Gasteiger partial charge in [0.25, 0.3) is 0 Å². The number of carbonyl (C=O) groups excluding carboxylic acids is 3. The zero-order valence-corrected chi connectivity index (χ0v) is 18.6. The fourth-order valence-electron chi connectivity index (χ4n) is 2.57. The largest absolute Gasteiger partial charge is 0.326 e. The molecule has 0 saturated carbocycles. The van der Waals surface area contributed by atoms with Crippen molar-refractivity contribution < 1.29 is 14.4 Å². The van der Waals surface area contributed by atoms with E-state index in [1.54, 1.807) is 31.2 Å². The Labute approximate surface area is 182 Å². The molecule has 0 aromatic heterocycles. The van der Waals surface area contributed by atoms with Gasteiger partial charge in [-0.15, -0.1) is 11.8 Å². The molecule has 2 aromatic carbocycles. The van der Waals surface area contributed by atoms with E-state index < -0.39 is 0 Å². The number of nitrogens with one attached hydrogen (secondary N) is 3. The Kier molecular flexibility index (Phi) is 8.92. The predicted molar refractivity (Wildman–Crippen MR) is 125 cm³/mol. The molecule has 30 heavy (non-hydrogen) atoms. The molecule has 3 amide bonds. The lowest BCUT2D eigenvalue weighted by atomic mass is 10.1. The minimum absolute atomic E-state index is 0.0317. The smallest absolute Gasteiger partial charge is 0.237 e. The quantitative estimate of drug-likeness (QED) is 0.542. The van der Waals surface area contributed by atoms with Crippen LogP contribution in [0.5, 0.6) is 0 Å². The maximum Gasteiger partial charge on any atom is 0.237 e. The maximum absolute atomic E-state index is 12.4. The number of rotatable bonds is 9. The Morgan fingerprint density at radius 3 is 1.77 bits per heavy atom. The SMILES string of the molecule is Cc1ccc(NC(=O)CSC(C)C(=O)Nc2ccc(NC(=O)CC(C)C)cc2)cc1. The molecule has 1 unspecified atom stereocenters. The number of hydrogen-bond acceptors (Lipinski definition) is 4. The third-order valence-corrected chi connectivity index (χ3v) is 5.34. The van der Waals surface area contributed by atoms with Gasteiger partial charge in [-0.3, -0.25) is 14.4 Å². The highest BCUT2D eigenvalue weighted by atomic mass is 32.2. The van der Waals surface area contributed by atoms with Crippen molar-refractivity contribution in [1.82, 2.24) is 0 Å². The first-order valence-corrected chi connectivity index (χ1v) is 11.0. The summed E-state index contributed by atoms with van der Waals surface area (Å²) in [6.45, 7) is 7.73. The molecule has 160 valence electrons. The molecule has 0 aliphatic rings. The van der Waals surface area contributed by atoms with Gasteiger partial charge in [-0.1, -0.05) is 31.5 Å². The van der Waals surface area contributed by atoms with Gasteiger partial charge < -0.3 is 16.0 Å². The lowest BCUT2D eigenvalue weighted by molar-refractivity contribution is -0.117. The fourth-order valence-corrected chi connectivity index (χ4v) is 3.26. The van der Waals surface area contributed by atoms with Crippen LogP contribution in [0.4, 0.5) is 17.1 Å². The normalized spacial score (nSPS) is 11.6. The van der Waals surface area contributed by atoms with Crippen molar-refractivity contribution in [2.75, 3.05) is 21.7 Å². The summed E-state index contributed by atoms with van der Waals surface area (Å²) in [7, 11) is 0. The number of aryl methyl sites for hydroxylation is 1. The zero-order valence-electron chi connectivity index (χ0n) is 17.8. The van der Waals surface area contributed by atoms with Crippen molar-refractivity contribution >= 4 is 46.5 Å². The molecule has 0 radical (unpaired) electrons. The van der Waals surface area contributed by atoms with Crippen LogP contribution in [0.1, 0.15) is 32.8 Å². The van der Waals surface area contributed by atoms with E-state index in [4.69, 9.17) is 0 Å². The second-order valence-electron chi connectivity index (χ2n) is 7.58. The van der Waals surface area contributed by atoms with Crippen LogP contribution in [-0.4, -0.2) is 28.7 Å². The van der Waals surface area contributed by atoms with Crippen LogP contribution >= 0.6 is 11.8 Å². The number of hydrogen-bond donors (Lipinski definition) is 3. The second-order valence-corrected chi connectivity index (χ2v) is 8.91. The standard InChI is InChI=1S/C23H29N3O3S/c1-15(2)13-21(27)24-19-9-11-20(12-10-19)26-23(29)17(4)30-14-22(28)25-18-7-5-16(3)6-8-18/h5-12,15,17H,13-14H2,1-4H3,(H,24,27)(H,25,28)(H,26,29). The molecular formula is C23H29N3O3S. The van der Waals surface area contributed by atoms with Gasteiger partial charge in [0.1, 0.15) is 0 Å². The molecule has 6 nitrogen and oxygen atoms in total. The summed E-state index contributed by atoms with van der Waals surface area (Å²) in [5, 5.41) is 8.09. The molecule has 0 bridgehead atoms. The number of carbonyl (C=O) groups is 3. The minimum Gasteiger partial charge on any atom is -0.326 e. The summed E-state index contributed by atoms with van der Waals surface area (Å²) >= 11 is 1.27. The van der Waals surface area contributed by atoms with Gasteiger partial charge in [0.15, 0.2) is 0 Å². The first-order chi connectivity index (χ1) is 14.2. The van der Waals surface area contributed by atoms with Crippen molar-refractivity contribution in [3.8, 4) is 0 Å². The second kappa shape index (κ2) is 11.4. The molecule has 0 spiro atoms. The molecule has 0 saturated heterocycles. The molecule has 2 rings (SSSR count). The van der Waals surface area contributed by atoms with Crippen LogP contribution in [0.25, 0.3) is 0 Å². The lowest BCUT2D eigenvalue weighted by Gasteiger charge is -2.13. The highest BCUT2D eigenvalue weighted by Crippen LogP contribution is 2.18. The van der Waals surface area contributed by atoms with E-state index >= 15 is 0 Å². The first-order valence-electron chi connectivity index (χ1n) is 9.92. The third kappa shape index (κ3) is 8.29. The van der Waals surface area contributed by atoms with Gasteiger partial charge in [-0.2, -0.15) is 0 Å². The van der Waals surface area contributed by atoms with Crippen molar-refractivity contribution in [3.63, 3.8) is 0 Å². The summed E-state index contributed by atoms with van der Waals surface area (Å²) in [4.78, 5) is 36.3. The summed E-state index contributed by atoms with van der Waals surface area (Å²) in [5.41, 5.74) is 3.19. The predicted octanol–water partition coefficient (Wildman–Crippen LogP) is 4.68. The van der Waals surface area contributed by atoms with Gasteiger partial charge in [0, 0.05) is 23.5 Å². The van der Waals surface area contributed by atoms with Crippen LogP contribution in [0.3, 0.4) is 0 Å². The first kappa shape index (κ1) is 23.5. The highest BCUT2D eigenvalue weighted by Gasteiger charge is 2.16. The van der Waals surface area contributed by atoms with E-state index in [0.717, 1.165) is 11.3 Å². The molecular weight excluding hydrogens is 398 g/mol. The molecule has 1 atom stereocenters. The van der Waals surface area contributed by atoms with Crippen LogP contribution in [0.2, 0.25) is 0 Å². The van der Waals surface area contributed by atoms with E-state index in [0.29, 0.717) is 23.7 Å². The molecule has 0 heterocycles. The Balaban J connectivity index is 1.77. The summed E-state index contributed by atoms with van der Waals surface area (Å²) in [6.07, 6.45) is 0.463. The van der Waals surface area contributed by atoms with Crippen LogP contribution in [-0.2, 0) is 14.4 Å². The zero-order chi connectivity index (χ0) is 22.1. The number of anilines is 3. The molecule has 0 aliphatic carbocycles. The van der Waals surface area contributed by atoms with Crippen LogP contribution < -0.4 is 16.0 Å². The van der Waals surface area contributed by atoms with Crippen molar-refractivity contribution in [2.45, 2.75) is 39.4 Å². The fraction of sp³-hybridized carbons (Fsp3) is 0.348.